The van der Waals surface area contributed by atoms with Gasteiger partial charge in [0.2, 0.25) is 5.90 Å². The normalized spacial score (nSPS) is 22.4. The molecule has 1 heterocycles. The van der Waals surface area contributed by atoms with Crippen LogP contribution in [0.3, 0.4) is 0 Å². The predicted octanol–water partition coefficient (Wildman–Crippen LogP) is 2.93. The molecule has 2 unspecified atom stereocenters. The summed E-state index contributed by atoms with van der Waals surface area (Å²) in [6.07, 6.45) is 1.98. The number of non-ortho nitro benzene ring substituents is 1. The highest BCUT2D eigenvalue weighted by Crippen LogP contribution is 2.23. The van der Waals surface area contributed by atoms with E-state index in [4.69, 9.17) is 4.74 Å². The number of nitrogens with zero attached hydrogens (tertiary/aromatic N) is 2. The predicted molar refractivity (Wildman–Crippen MR) is 68.9 cm³/mol. The molecule has 0 amide bonds. The van der Waals surface area contributed by atoms with Crippen LogP contribution in [-0.2, 0) is 4.74 Å². The van der Waals surface area contributed by atoms with Gasteiger partial charge in [0.1, 0.15) is 6.10 Å². The molecule has 0 spiro atoms. The van der Waals surface area contributed by atoms with Crippen molar-refractivity contribution < 1.29 is 9.66 Å². The van der Waals surface area contributed by atoms with Gasteiger partial charge in [-0.2, -0.15) is 0 Å². The van der Waals surface area contributed by atoms with Crippen LogP contribution in [0, 0.1) is 10.1 Å². The summed E-state index contributed by atoms with van der Waals surface area (Å²) in [5.41, 5.74) is 0.881. The van der Waals surface area contributed by atoms with Crippen molar-refractivity contribution >= 4 is 11.6 Å². The summed E-state index contributed by atoms with van der Waals surface area (Å²) in [6.45, 7) is 4.15. The number of nitro benzene ring substituents is 1. The van der Waals surface area contributed by atoms with Gasteiger partial charge in [-0.25, -0.2) is 4.99 Å². The summed E-state index contributed by atoms with van der Waals surface area (Å²) in [5, 5.41) is 10.6. The lowest BCUT2D eigenvalue weighted by Gasteiger charge is -2.13. The van der Waals surface area contributed by atoms with Crippen LogP contribution < -0.4 is 0 Å². The van der Waals surface area contributed by atoms with E-state index in [1.54, 1.807) is 12.1 Å². The molecule has 5 nitrogen and oxygen atoms in total. The monoisotopic (exact) mass is 248 g/mol. The minimum Gasteiger partial charge on any atom is -0.472 e. The van der Waals surface area contributed by atoms with Crippen molar-refractivity contribution in [2.45, 2.75) is 38.8 Å². The average Bonchev–Trinajstić information content (AvgIpc) is 2.82. The first kappa shape index (κ1) is 12.5. The molecule has 1 aliphatic rings. The zero-order valence-corrected chi connectivity index (χ0v) is 10.5. The zero-order chi connectivity index (χ0) is 13.1. The number of nitro groups is 1. The molecule has 18 heavy (non-hydrogen) atoms. The molecule has 0 saturated heterocycles. The third kappa shape index (κ3) is 2.34. The Morgan fingerprint density at radius 2 is 1.94 bits per heavy atom. The highest BCUT2D eigenvalue weighted by molar-refractivity contribution is 5.95. The van der Waals surface area contributed by atoms with Gasteiger partial charge in [-0.3, -0.25) is 10.1 Å². The topological polar surface area (TPSA) is 64.7 Å². The highest BCUT2D eigenvalue weighted by atomic mass is 16.6. The fourth-order valence-electron chi connectivity index (χ4n) is 2.06. The Labute approximate surface area is 106 Å². The number of hydrogen-bond donors (Lipinski definition) is 0. The van der Waals surface area contributed by atoms with Crippen molar-refractivity contribution in [3.8, 4) is 0 Å². The van der Waals surface area contributed by atoms with Gasteiger partial charge >= 0.3 is 0 Å². The molecule has 96 valence electrons. The Hall–Kier alpha value is -1.91. The van der Waals surface area contributed by atoms with Crippen LogP contribution in [-0.4, -0.2) is 23.0 Å². The van der Waals surface area contributed by atoms with Crippen molar-refractivity contribution in [2.75, 3.05) is 0 Å². The minimum atomic E-state index is -0.412. The maximum Gasteiger partial charge on any atom is 0.269 e. The Morgan fingerprint density at radius 1 is 1.28 bits per heavy atom. The minimum absolute atomic E-state index is 0.0800. The van der Waals surface area contributed by atoms with E-state index >= 15 is 0 Å². The second-order valence-corrected chi connectivity index (χ2v) is 4.28. The van der Waals surface area contributed by atoms with Gasteiger partial charge in [0.25, 0.3) is 5.69 Å². The first-order valence-electron chi connectivity index (χ1n) is 6.15. The van der Waals surface area contributed by atoms with Crippen LogP contribution in [0.1, 0.15) is 32.3 Å². The van der Waals surface area contributed by atoms with Crippen molar-refractivity contribution in [3.05, 3.63) is 39.9 Å². The third-order valence-electron chi connectivity index (χ3n) is 3.12. The molecule has 0 aromatic heterocycles. The van der Waals surface area contributed by atoms with Crippen LogP contribution in [0.5, 0.6) is 0 Å². The second kappa shape index (κ2) is 5.16. The zero-order valence-electron chi connectivity index (χ0n) is 10.5. The van der Waals surface area contributed by atoms with Gasteiger partial charge in [-0.05, 0) is 25.0 Å². The van der Waals surface area contributed by atoms with Gasteiger partial charge < -0.3 is 4.74 Å². The van der Waals surface area contributed by atoms with E-state index in [0.717, 1.165) is 18.4 Å². The average molecular weight is 248 g/mol. The molecule has 1 aromatic carbocycles. The number of benzene rings is 1. The molecule has 0 N–H and O–H groups in total. The Morgan fingerprint density at radius 3 is 2.39 bits per heavy atom. The number of ether oxygens (including phenoxy) is 1. The van der Waals surface area contributed by atoms with Crippen molar-refractivity contribution in [1.29, 1.82) is 0 Å². The molecule has 5 heteroatoms. The van der Waals surface area contributed by atoms with E-state index in [0.29, 0.717) is 5.90 Å². The lowest BCUT2D eigenvalue weighted by molar-refractivity contribution is -0.384. The summed E-state index contributed by atoms with van der Waals surface area (Å²) >= 11 is 0. The number of rotatable bonds is 4. The van der Waals surface area contributed by atoms with E-state index in [1.165, 1.54) is 12.1 Å². The molecule has 0 saturated carbocycles. The Balaban J connectivity index is 2.20. The summed E-state index contributed by atoms with van der Waals surface area (Å²) < 4.78 is 5.78. The first-order valence-corrected chi connectivity index (χ1v) is 6.15. The van der Waals surface area contributed by atoms with E-state index in [-0.39, 0.29) is 17.8 Å². The number of hydrogen-bond acceptors (Lipinski definition) is 4. The summed E-state index contributed by atoms with van der Waals surface area (Å²) in [5.74, 6) is 0.601. The van der Waals surface area contributed by atoms with Gasteiger partial charge in [0.05, 0.1) is 11.0 Å². The van der Waals surface area contributed by atoms with Gasteiger partial charge in [0, 0.05) is 17.7 Å². The standard InChI is InChI=1S/C13H16N2O3/c1-3-11-12(4-2)18-13(14-11)9-5-7-10(8-6-9)15(16)17/h5-8,11-12H,3-4H2,1-2H3. The fraction of sp³-hybridized carbons (Fsp3) is 0.462. The number of aliphatic imine (C=N–C) groups is 1. The van der Waals surface area contributed by atoms with Gasteiger partial charge in [-0.1, -0.05) is 13.8 Å². The quantitative estimate of drug-likeness (QED) is 0.607. The fourth-order valence-corrected chi connectivity index (χ4v) is 2.06. The molecule has 0 fully saturated rings. The summed E-state index contributed by atoms with van der Waals surface area (Å²) in [6, 6.07) is 6.51. The van der Waals surface area contributed by atoms with Crippen molar-refractivity contribution in [2.24, 2.45) is 4.99 Å². The molecule has 0 radical (unpaired) electrons. The maximum absolute atomic E-state index is 10.6. The molecule has 0 aliphatic carbocycles. The van der Waals surface area contributed by atoms with Gasteiger partial charge in [0.15, 0.2) is 0 Å². The largest absolute Gasteiger partial charge is 0.472 e. The van der Waals surface area contributed by atoms with Crippen LogP contribution >= 0.6 is 0 Å². The molecular formula is C13H16N2O3. The first-order chi connectivity index (χ1) is 8.65. The van der Waals surface area contributed by atoms with Gasteiger partial charge in [-0.15, -0.1) is 0 Å². The molecule has 0 bridgehead atoms. The van der Waals surface area contributed by atoms with Crippen LogP contribution in [0.15, 0.2) is 29.3 Å². The smallest absolute Gasteiger partial charge is 0.269 e. The van der Waals surface area contributed by atoms with E-state index in [1.807, 2.05) is 0 Å². The second-order valence-electron chi connectivity index (χ2n) is 4.28. The molecular weight excluding hydrogens is 232 g/mol. The van der Waals surface area contributed by atoms with Crippen molar-refractivity contribution in [3.63, 3.8) is 0 Å². The maximum atomic E-state index is 10.6. The highest BCUT2D eigenvalue weighted by Gasteiger charge is 2.28. The molecule has 2 rings (SSSR count). The van der Waals surface area contributed by atoms with Crippen LogP contribution in [0.4, 0.5) is 5.69 Å². The van der Waals surface area contributed by atoms with E-state index in [2.05, 4.69) is 18.8 Å². The summed E-state index contributed by atoms with van der Waals surface area (Å²) in [7, 11) is 0. The van der Waals surface area contributed by atoms with E-state index < -0.39 is 4.92 Å². The van der Waals surface area contributed by atoms with Crippen molar-refractivity contribution in [1.82, 2.24) is 0 Å². The van der Waals surface area contributed by atoms with E-state index in [9.17, 15) is 10.1 Å². The van der Waals surface area contributed by atoms with Crippen LogP contribution in [0.2, 0.25) is 0 Å². The SMILES string of the molecule is CCC1N=C(c2ccc([N+](=O)[O-])cc2)OC1CC. The lowest BCUT2D eigenvalue weighted by atomic mass is 10.1. The Bertz CT molecular complexity index is 468. The molecule has 1 aliphatic heterocycles. The third-order valence-corrected chi connectivity index (χ3v) is 3.12. The lowest BCUT2D eigenvalue weighted by Crippen LogP contribution is -2.20. The summed E-state index contributed by atoms with van der Waals surface area (Å²) in [4.78, 5) is 14.7. The molecule has 1 aromatic rings. The Kier molecular flexibility index (Phi) is 3.60. The van der Waals surface area contributed by atoms with Crippen LogP contribution in [0.25, 0.3) is 0 Å². The molecule has 2 atom stereocenters.